The summed E-state index contributed by atoms with van der Waals surface area (Å²) in [6.45, 7) is 4.76. The van der Waals surface area contributed by atoms with E-state index in [0.717, 1.165) is 10.2 Å². The molecule has 0 heterocycles. The van der Waals surface area contributed by atoms with Crippen molar-refractivity contribution in [1.82, 2.24) is 10.6 Å². The minimum atomic E-state index is -0.167. The number of carbonyl (C=O) groups is 1. The summed E-state index contributed by atoms with van der Waals surface area (Å²) >= 11 is 3.35. The Morgan fingerprint density at radius 3 is 2.59 bits per heavy atom. The average Bonchev–Trinajstić information content (AvgIpc) is 2.26. The zero-order valence-corrected chi connectivity index (χ0v) is 11.6. The molecule has 17 heavy (non-hydrogen) atoms. The van der Waals surface area contributed by atoms with Gasteiger partial charge in [0.2, 0.25) is 0 Å². The van der Waals surface area contributed by atoms with Crippen molar-refractivity contribution in [2.45, 2.75) is 19.9 Å². The third-order valence-electron chi connectivity index (χ3n) is 1.89. The van der Waals surface area contributed by atoms with Gasteiger partial charge in [-0.15, -0.1) is 0 Å². The van der Waals surface area contributed by atoms with E-state index >= 15 is 0 Å². The first-order valence-electron chi connectivity index (χ1n) is 5.50. The zero-order valence-electron chi connectivity index (χ0n) is 10.00. The van der Waals surface area contributed by atoms with Crippen molar-refractivity contribution in [2.75, 3.05) is 13.2 Å². The molecule has 5 heteroatoms. The molecule has 0 saturated heterocycles. The molecule has 1 aromatic rings. The van der Waals surface area contributed by atoms with Gasteiger partial charge in [0.05, 0.1) is 6.54 Å². The van der Waals surface area contributed by atoms with Crippen LogP contribution in [0.2, 0.25) is 0 Å². The van der Waals surface area contributed by atoms with Crippen LogP contribution < -0.4 is 15.4 Å². The highest BCUT2D eigenvalue weighted by atomic mass is 79.9. The second-order valence-electron chi connectivity index (χ2n) is 3.86. The van der Waals surface area contributed by atoms with Crippen LogP contribution in [-0.2, 0) is 0 Å². The summed E-state index contributed by atoms with van der Waals surface area (Å²) in [7, 11) is 0. The van der Waals surface area contributed by atoms with Crippen molar-refractivity contribution in [3.8, 4) is 5.75 Å². The van der Waals surface area contributed by atoms with Crippen LogP contribution in [0.25, 0.3) is 0 Å². The number of hydrogen-bond donors (Lipinski definition) is 2. The molecule has 1 rings (SSSR count). The first-order valence-corrected chi connectivity index (χ1v) is 6.30. The van der Waals surface area contributed by atoms with Gasteiger partial charge in [-0.2, -0.15) is 0 Å². The molecule has 0 atom stereocenters. The molecule has 1 aromatic carbocycles. The molecule has 0 saturated carbocycles. The van der Waals surface area contributed by atoms with E-state index in [2.05, 4.69) is 26.6 Å². The minimum Gasteiger partial charge on any atom is -0.492 e. The van der Waals surface area contributed by atoms with Crippen LogP contribution in [0.3, 0.4) is 0 Å². The van der Waals surface area contributed by atoms with Crippen LogP contribution in [0, 0.1) is 0 Å². The standard InChI is InChI=1S/C12H17BrN2O2/c1-9(2)15-12(16)14-7-8-17-11-5-3-10(13)4-6-11/h3-6,9H,7-8H2,1-2H3,(H2,14,15,16). The van der Waals surface area contributed by atoms with E-state index < -0.39 is 0 Å². The Balaban J connectivity index is 2.16. The number of amides is 2. The van der Waals surface area contributed by atoms with Gasteiger partial charge in [-0.3, -0.25) is 0 Å². The molecule has 2 N–H and O–H groups in total. The summed E-state index contributed by atoms with van der Waals surface area (Å²) in [5, 5.41) is 5.45. The van der Waals surface area contributed by atoms with Gasteiger partial charge >= 0.3 is 6.03 Å². The van der Waals surface area contributed by atoms with E-state index in [1.165, 1.54) is 0 Å². The smallest absolute Gasteiger partial charge is 0.315 e. The highest BCUT2D eigenvalue weighted by Gasteiger charge is 2.01. The van der Waals surface area contributed by atoms with Crippen LogP contribution >= 0.6 is 15.9 Å². The summed E-state index contributed by atoms with van der Waals surface area (Å²) in [4.78, 5) is 11.2. The lowest BCUT2D eigenvalue weighted by Crippen LogP contribution is -2.41. The Kier molecular flexibility index (Phi) is 5.83. The van der Waals surface area contributed by atoms with Gasteiger partial charge in [-0.25, -0.2) is 4.79 Å². The second kappa shape index (κ2) is 7.17. The Hall–Kier alpha value is -1.23. The molecular formula is C12H17BrN2O2. The molecule has 0 radical (unpaired) electrons. The van der Waals surface area contributed by atoms with Crippen molar-refractivity contribution >= 4 is 22.0 Å². The zero-order chi connectivity index (χ0) is 12.7. The Labute approximate surface area is 110 Å². The Morgan fingerprint density at radius 2 is 2.00 bits per heavy atom. The first-order chi connectivity index (χ1) is 8.08. The molecule has 0 aliphatic heterocycles. The number of hydrogen-bond acceptors (Lipinski definition) is 2. The van der Waals surface area contributed by atoms with Crippen molar-refractivity contribution in [1.29, 1.82) is 0 Å². The molecule has 0 fully saturated rings. The maximum Gasteiger partial charge on any atom is 0.315 e. The summed E-state index contributed by atoms with van der Waals surface area (Å²) in [6, 6.07) is 7.54. The SMILES string of the molecule is CC(C)NC(=O)NCCOc1ccc(Br)cc1. The van der Waals surface area contributed by atoms with Crippen molar-refractivity contribution in [3.63, 3.8) is 0 Å². The fourth-order valence-corrected chi connectivity index (χ4v) is 1.44. The third-order valence-corrected chi connectivity index (χ3v) is 2.42. The number of ether oxygens (including phenoxy) is 1. The largest absolute Gasteiger partial charge is 0.492 e. The number of halogens is 1. The maximum absolute atomic E-state index is 11.2. The molecule has 0 aliphatic carbocycles. The molecule has 2 amide bonds. The number of urea groups is 1. The summed E-state index contributed by atoms with van der Waals surface area (Å²) in [5.41, 5.74) is 0. The molecule has 4 nitrogen and oxygen atoms in total. The molecule has 0 unspecified atom stereocenters. The third kappa shape index (κ3) is 6.16. The minimum absolute atomic E-state index is 0.141. The van der Waals surface area contributed by atoms with Gasteiger partial charge in [0.25, 0.3) is 0 Å². The lowest BCUT2D eigenvalue weighted by molar-refractivity contribution is 0.234. The van der Waals surface area contributed by atoms with Crippen LogP contribution in [0.1, 0.15) is 13.8 Å². The molecular weight excluding hydrogens is 284 g/mol. The van der Waals surface area contributed by atoms with Gasteiger partial charge in [0, 0.05) is 10.5 Å². The highest BCUT2D eigenvalue weighted by molar-refractivity contribution is 9.10. The Bertz CT molecular complexity index is 352. The topological polar surface area (TPSA) is 50.4 Å². The highest BCUT2D eigenvalue weighted by Crippen LogP contribution is 2.15. The quantitative estimate of drug-likeness (QED) is 0.821. The maximum atomic E-state index is 11.2. The lowest BCUT2D eigenvalue weighted by Gasteiger charge is -2.10. The van der Waals surface area contributed by atoms with Crippen molar-refractivity contribution < 1.29 is 9.53 Å². The van der Waals surface area contributed by atoms with Crippen LogP contribution in [0.5, 0.6) is 5.75 Å². The van der Waals surface area contributed by atoms with Gasteiger partial charge in [-0.1, -0.05) is 15.9 Å². The molecule has 0 aromatic heterocycles. The first kappa shape index (κ1) is 13.8. The molecule has 0 bridgehead atoms. The summed E-state index contributed by atoms with van der Waals surface area (Å²) in [5.74, 6) is 0.791. The number of benzene rings is 1. The van der Waals surface area contributed by atoms with E-state index in [0.29, 0.717) is 13.2 Å². The van der Waals surface area contributed by atoms with Crippen LogP contribution in [-0.4, -0.2) is 25.2 Å². The van der Waals surface area contributed by atoms with Gasteiger partial charge in [-0.05, 0) is 38.1 Å². The van der Waals surface area contributed by atoms with Crippen LogP contribution in [0.4, 0.5) is 4.79 Å². The fourth-order valence-electron chi connectivity index (χ4n) is 1.18. The number of rotatable bonds is 5. The van der Waals surface area contributed by atoms with E-state index in [1.807, 2.05) is 38.1 Å². The number of nitrogens with one attached hydrogen (secondary N) is 2. The Morgan fingerprint density at radius 1 is 1.35 bits per heavy atom. The van der Waals surface area contributed by atoms with E-state index in [-0.39, 0.29) is 12.1 Å². The van der Waals surface area contributed by atoms with E-state index in [9.17, 15) is 4.79 Å². The van der Waals surface area contributed by atoms with Gasteiger partial charge < -0.3 is 15.4 Å². The van der Waals surface area contributed by atoms with Crippen LogP contribution in [0.15, 0.2) is 28.7 Å². The van der Waals surface area contributed by atoms with Crippen molar-refractivity contribution in [2.24, 2.45) is 0 Å². The predicted molar refractivity (Wildman–Crippen MR) is 71.3 cm³/mol. The van der Waals surface area contributed by atoms with Gasteiger partial charge in [0.15, 0.2) is 0 Å². The molecule has 94 valence electrons. The molecule has 0 spiro atoms. The summed E-state index contributed by atoms with van der Waals surface area (Å²) in [6.07, 6.45) is 0. The monoisotopic (exact) mass is 300 g/mol. The average molecular weight is 301 g/mol. The fraction of sp³-hybridized carbons (Fsp3) is 0.417. The van der Waals surface area contributed by atoms with Crippen molar-refractivity contribution in [3.05, 3.63) is 28.7 Å². The predicted octanol–water partition coefficient (Wildman–Crippen LogP) is 2.54. The lowest BCUT2D eigenvalue weighted by atomic mass is 10.3. The summed E-state index contributed by atoms with van der Waals surface area (Å²) < 4.78 is 6.47. The number of carbonyl (C=O) groups excluding carboxylic acids is 1. The van der Waals surface area contributed by atoms with E-state index in [1.54, 1.807) is 0 Å². The normalized spacial score (nSPS) is 10.1. The second-order valence-corrected chi connectivity index (χ2v) is 4.77. The van der Waals surface area contributed by atoms with E-state index in [4.69, 9.17) is 4.74 Å². The van der Waals surface area contributed by atoms with Gasteiger partial charge in [0.1, 0.15) is 12.4 Å². The molecule has 0 aliphatic rings.